The van der Waals surface area contributed by atoms with E-state index in [0.29, 0.717) is 22.4 Å². The summed E-state index contributed by atoms with van der Waals surface area (Å²) in [7, 11) is 0. The van der Waals surface area contributed by atoms with Gasteiger partial charge in [-0.05, 0) is 18.2 Å². The molecule has 0 radical (unpaired) electrons. The van der Waals surface area contributed by atoms with Gasteiger partial charge >= 0.3 is 5.97 Å². The minimum atomic E-state index is -1.12. The van der Waals surface area contributed by atoms with E-state index in [1.165, 1.54) is 9.80 Å². The Hall–Kier alpha value is -3.15. The number of carboxylic acid groups (broad SMARTS) is 1. The van der Waals surface area contributed by atoms with E-state index in [-0.39, 0.29) is 11.8 Å². The van der Waals surface area contributed by atoms with E-state index in [0.717, 1.165) is 0 Å². The molecule has 0 aromatic heterocycles. The van der Waals surface area contributed by atoms with Gasteiger partial charge in [0.05, 0.1) is 11.3 Å². The second-order valence-corrected chi connectivity index (χ2v) is 5.48. The summed E-state index contributed by atoms with van der Waals surface area (Å²) in [6, 6.07) is 13.8. The SMILES string of the molecule is O=C(O)CN1C(=O)c2ccccc2N2C(=O)c3ccccc3C12. The number of fused-ring (bicyclic) bond motifs is 5. The van der Waals surface area contributed by atoms with Crippen molar-refractivity contribution in [3.63, 3.8) is 0 Å². The number of rotatable bonds is 2. The lowest BCUT2D eigenvalue weighted by atomic mass is 10.0. The largest absolute Gasteiger partial charge is 0.480 e. The number of carbonyl (C=O) groups is 3. The van der Waals surface area contributed by atoms with Crippen molar-refractivity contribution in [1.82, 2.24) is 4.90 Å². The quantitative estimate of drug-likeness (QED) is 0.919. The molecule has 0 spiro atoms. The van der Waals surface area contributed by atoms with Crippen LogP contribution in [-0.2, 0) is 4.79 Å². The minimum Gasteiger partial charge on any atom is -0.480 e. The maximum atomic E-state index is 12.8. The molecule has 2 amide bonds. The maximum absolute atomic E-state index is 12.8. The summed E-state index contributed by atoms with van der Waals surface area (Å²) in [6.45, 7) is -0.462. The molecule has 114 valence electrons. The first-order valence-corrected chi connectivity index (χ1v) is 7.14. The molecule has 6 heteroatoms. The van der Waals surface area contributed by atoms with E-state index in [1.54, 1.807) is 48.5 Å². The molecule has 0 saturated carbocycles. The van der Waals surface area contributed by atoms with E-state index in [9.17, 15) is 14.4 Å². The van der Waals surface area contributed by atoms with Crippen molar-refractivity contribution in [1.29, 1.82) is 0 Å². The highest BCUT2D eigenvalue weighted by Crippen LogP contribution is 2.44. The average molecular weight is 308 g/mol. The van der Waals surface area contributed by atoms with Gasteiger partial charge in [-0.2, -0.15) is 0 Å². The van der Waals surface area contributed by atoms with Gasteiger partial charge in [0.1, 0.15) is 12.7 Å². The lowest BCUT2D eigenvalue weighted by molar-refractivity contribution is -0.138. The normalized spacial score (nSPS) is 18.5. The van der Waals surface area contributed by atoms with E-state index >= 15 is 0 Å². The Morgan fingerprint density at radius 3 is 2.35 bits per heavy atom. The lowest BCUT2D eigenvalue weighted by Gasteiger charge is -2.40. The first-order valence-electron chi connectivity index (χ1n) is 7.14. The fourth-order valence-corrected chi connectivity index (χ4v) is 3.28. The number of aliphatic carboxylic acids is 1. The van der Waals surface area contributed by atoms with Gasteiger partial charge in [-0.3, -0.25) is 19.3 Å². The van der Waals surface area contributed by atoms with Gasteiger partial charge in [0, 0.05) is 11.1 Å². The molecule has 1 N–H and O–H groups in total. The van der Waals surface area contributed by atoms with Crippen LogP contribution in [-0.4, -0.2) is 34.3 Å². The molecule has 1 unspecified atom stereocenters. The molecule has 1 atom stereocenters. The second-order valence-electron chi connectivity index (χ2n) is 5.48. The van der Waals surface area contributed by atoms with Crippen molar-refractivity contribution in [3.05, 3.63) is 65.2 Å². The van der Waals surface area contributed by atoms with Gasteiger partial charge in [-0.25, -0.2) is 0 Å². The Kier molecular flexibility index (Phi) is 2.74. The third-order valence-corrected chi connectivity index (χ3v) is 4.19. The van der Waals surface area contributed by atoms with Crippen LogP contribution in [0.2, 0.25) is 0 Å². The zero-order valence-electron chi connectivity index (χ0n) is 12.0. The van der Waals surface area contributed by atoms with Crippen molar-refractivity contribution in [2.24, 2.45) is 0 Å². The van der Waals surface area contributed by atoms with Crippen LogP contribution in [0.25, 0.3) is 0 Å². The fourth-order valence-electron chi connectivity index (χ4n) is 3.28. The third kappa shape index (κ3) is 1.78. The summed E-state index contributed by atoms with van der Waals surface area (Å²) >= 11 is 0. The molecular weight excluding hydrogens is 296 g/mol. The van der Waals surface area contributed by atoms with Crippen LogP contribution in [0.4, 0.5) is 5.69 Å². The first-order chi connectivity index (χ1) is 11.1. The monoisotopic (exact) mass is 308 g/mol. The molecule has 6 nitrogen and oxygen atoms in total. The first kappa shape index (κ1) is 13.5. The van der Waals surface area contributed by atoms with Gasteiger partial charge in [0.25, 0.3) is 11.8 Å². The molecular formula is C17H12N2O4. The predicted octanol–water partition coefficient (Wildman–Crippen LogP) is 1.89. The molecule has 2 aliphatic rings. The predicted molar refractivity (Wildman–Crippen MR) is 81.1 cm³/mol. The Morgan fingerprint density at radius 1 is 0.957 bits per heavy atom. The van der Waals surface area contributed by atoms with E-state index in [1.807, 2.05) is 0 Å². The molecule has 0 aliphatic carbocycles. The van der Waals surface area contributed by atoms with Crippen LogP contribution >= 0.6 is 0 Å². The van der Waals surface area contributed by atoms with Gasteiger partial charge < -0.3 is 10.0 Å². The van der Waals surface area contributed by atoms with E-state index < -0.39 is 18.7 Å². The number of anilines is 1. The second kappa shape index (κ2) is 4.67. The molecule has 2 heterocycles. The van der Waals surface area contributed by atoms with E-state index in [4.69, 9.17) is 5.11 Å². The van der Waals surface area contributed by atoms with Crippen LogP contribution in [0.15, 0.2) is 48.5 Å². The number of hydrogen-bond acceptors (Lipinski definition) is 3. The van der Waals surface area contributed by atoms with Gasteiger partial charge in [-0.1, -0.05) is 30.3 Å². The summed E-state index contributed by atoms with van der Waals surface area (Å²) in [4.78, 5) is 39.5. The van der Waals surface area contributed by atoms with E-state index in [2.05, 4.69) is 0 Å². The highest BCUT2D eigenvalue weighted by atomic mass is 16.4. The van der Waals surface area contributed by atoms with Crippen LogP contribution in [0.3, 0.4) is 0 Å². The highest BCUT2D eigenvalue weighted by molar-refractivity contribution is 6.17. The molecule has 2 aromatic rings. The smallest absolute Gasteiger partial charge is 0.323 e. The van der Waals surface area contributed by atoms with Crippen LogP contribution in [0, 0.1) is 0 Å². The lowest BCUT2D eigenvalue weighted by Crippen LogP contribution is -2.49. The number of para-hydroxylation sites is 1. The summed E-state index contributed by atoms with van der Waals surface area (Å²) in [6.07, 6.45) is -0.711. The molecule has 0 fully saturated rings. The number of benzene rings is 2. The van der Waals surface area contributed by atoms with Crippen LogP contribution in [0.1, 0.15) is 32.4 Å². The molecule has 0 bridgehead atoms. The Balaban J connectivity index is 1.96. The van der Waals surface area contributed by atoms with Gasteiger partial charge in [-0.15, -0.1) is 0 Å². The number of nitrogens with zero attached hydrogens (tertiary/aromatic N) is 2. The number of hydrogen-bond donors (Lipinski definition) is 1. The highest BCUT2D eigenvalue weighted by Gasteiger charge is 2.47. The van der Waals surface area contributed by atoms with Crippen molar-refractivity contribution >= 4 is 23.5 Å². The summed E-state index contributed by atoms with van der Waals surface area (Å²) in [5.41, 5.74) is 2.01. The van der Waals surface area contributed by atoms with Crippen molar-refractivity contribution in [2.75, 3.05) is 11.4 Å². The fraction of sp³-hybridized carbons (Fsp3) is 0.118. The molecule has 4 rings (SSSR count). The Bertz CT molecular complexity index is 861. The Morgan fingerprint density at radius 2 is 1.61 bits per heavy atom. The van der Waals surface area contributed by atoms with Crippen molar-refractivity contribution in [3.8, 4) is 0 Å². The van der Waals surface area contributed by atoms with Gasteiger partial charge in [0.15, 0.2) is 0 Å². The molecule has 23 heavy (non-hydrogen) atoms. The summed E-state index contributed by atoms with van der Waals surface area (Å²) in [5, 5.41) is 9.17. The molecule has 0 saturated heterocycles. The number of carbonyl (C=O) groups excluding carboxylic acids is 2. The topological polar surface area (TPSA) is 77.9 Å². The van der Waals surface area contributed by atoms with Crippen LogP contribution < -0.4 is 4.90 Å². The zero-order chi connectivity index (χ0) is 16.1. The zero-order valence-corrected chi connectivity index (χ0v) is 12.0. The third-order valence-electron chi connectivity index (χ3n) is 4.19. The summed E-state index contributed by atoms with van der Waals surface area (Å²) in [5.74, 6) is -1.72. The Labute approximate surface area is 131 Å². The average Bonchev–Trinajstić information content (AvgIpc) is 2.85. The van der Waals surface area contributed by atoms with Crippen molar-refractivity contribution in [2.45, 2.75) is 6.17 Å². The van der Waals surface area contributed by atoms with Crippen LogP contribution in [0.5, 0.6) is 0 Å². The van der Waals surface area contributed by atoms with Gasteiger partial charge in [0.2, 0.25) is 0 Å². The standard InChI is InChI=1S/C17H12N2O4/c20-14(21)9-18-15-10-5-1-2-6-11(10)17(23)19(15)13-8-4-3-7-12(13)16(18)22/h1-8,15H,9H2,(H,20,21). The maximum Gasteiger partial charge on any atom is 0.323 e. The molecule has 2 aromatic carbocycles. The minimum absolute atomic E-state index is 0.221. The molecule has 2 aliphatic heterocycles. The number of carboxylic acids is 1. The number of amides is 2. The summed E-state index contributed by atoms with van der Waals surface area (Å²) < 4.78 is 0. The van der Waals surface area contributed by atoms with Crippen molar-refractivity contribution < 1.29 is 19.5 Å².